The van der Waals surface area contributed by atoms with Gasteiger partial charge in [0.05, 0.1) is 5.69 Å². The minimum Gasteiger partial charge on any atom is -0.350 e. The van der Waals surface area contributed by atoms with Crippen LogP contribution in [-0.2, 0) is 14.1 Å². The molecular formula is C13H12ClN3. The smallest absolute Gasteiger partial charge is 0.0700 e. The van der Waals surface area contributed by atoms with E-state index in [9.17, 15) is 0 Å². The molecule has 0 radical (unpaired) electrons. The van der Waals surface area contributed by atoms with Gasteiger partial charge in [-0.15, -0.1) is 0 Å². The molecule has 0 fully saturated rings. The van der Waals surface area contributed by atoms with Gasteiger partial charge in [0.15, 0.2) is 0 Å². The van der Waals surface area contributed by atoms with Crippen molar-refractivity contribution in [2.45, 2.75) is 0 Å². The first-order valence-electron chi connectivity index (χ1n) is 5.40. The molecule has 17 heavy (non-hydrogen) atoms. The summed E-state index contributed by atoms with van der Waals surface area (Å²) < 4.78 is 3.98. The SMILES string of the molecule is Cn1nccc1-c1cn(C)c2ccc(Cl)cc12. The van der Waals surface area contributed by atoms with Crippen molar-refractivity contribution >= 4 is 22.5 Å². The minimum atomic E-state index is 0.757. The van der Waals surface area contributed by atoms with Crippen molar-refractivity contribution < 1.29 is 0 Å². The molecule has 0 aliphatic carbocycles. The molecule has 0 N–H and O–H groups in total. The Bertz CT molecular complexity index is 694. The number of fused-ring (bicyclic) bond motifs is 1. The Morgan fingerprint density at radius 3 is 2.71 bits per heavy atom. The molecule has 0 bridgehead atoms. The Labute approximate surface area is 104 Å². The fourth-order valence-electron chi connectivity index (χ4n) is 2.21. The molecule has 0 amide bonds. The minimum absolute atomic E-state index is 0.757. The molecule has 3 rings (SSSR count). The number of aromatic nitrogens is 3. The van der Waals surface area contributed by atoms with E-state index in [-0.39, 0.29) is 0 Å². The van der Waals surface area contributed by atoms with E-state index in [1.807, 2.05) is 43.0 Å². The molecule has 0 aliphatic heterocycles. The van der Waals surface area contributed by atoms with Crippen LogP contribution in [0.2, 0.25) is 5.02 Å². The molecule has 3 aromatic rings. The summed E-state index contributed by atoms with van der Waals surface area (Å²) >= 11 is 6.07. The second-order valence-corrected chi connectivity index (χ2v) is 4.59. The summed E-state index contributed by atoms with van der Waals surface area (Å²) in [6, 6.07) is 7.96. The van der Waals surface area contributed by atoms with Crippen molar-refractivity contribution in [2.75, 3.05) is 0 Å². The zero-order valence-electron chi connectivity index (χ0n) is 9.68. The van der Waals surface area contributed by atoms with Crippen molar-refractivity contribution in [1.82, 2.24) is 14.3 Å². The van der Waals surface area contributed by atoms with Gasteiger partial charge in [-0.05, 0) is 24.3 Å². The van der Waals surface area contributed by atoms with Crippen molar-refractivity contribution in [3.05, 3.63) is 41.7 Å². The summed E-state index contributed by atoms with van der Waals surface area (Å²) in [5.74, 6) is 0. The molecule has 0 unspecified atom stereocenters. The van der Waals surface area contributed by atoms with Gasteiger partial charge in [0.2, 0.25) is 0 Å². The summed E-state index contributed by atoms with van der Waals surface area (Å²) in [7, 11) is 3.98. The lowest BCUT2D eigenvalue weighted by atomic mass is 10.1. The summed E-state index contributed by atoms with van der Waals surface area (Å²) in [6.07, 6.45) is 3.91. The van der Waals surface area contributed by atoms with Crippen LogP contribution in [0.15, 0.2) is 36.7 Å². The van der Waals surface area contributed by atoms with Crippen LogP contribution in [0.1, 0.15) is 0 Å². The summed E-state index contributed by atoms with van der Waals surface area (Å²) in [5, 5.41) is 6.12. The van der Waals surface area contributed by atoms with Crippen LogP contribution in [0.4, 0.5) is 0 Å². The number of rotatable bonds is 1. The Kier molecular flexibility index (Phi) is 2.23. The van der Waals surface area contributed by atoms with Crippen molar-refractivity contribution in [1.29, 1.82) is 0 Å². The average molecular weight is 246 g/mol. The predicted molar refractivity (Wildman–Crippen MR) is 70.1 cm³/mol. The van der Waals surface area contributed by atoms with Crippen molar-refractivity contribution in [2.24, 2.45) is 14.1 Å². The molecule has 0 saturated heterocycles. The molecule has 0 saturated carbocycles. The highest BCUT2D eigenvalue weighted by Crippen LogP contribution is 2.31. The van der Waals surface area contributed by atoms with Crippen LogP contribution in [0, 0.1) is 0 Å². The largest absolute Gasteiger partial charge is 0.350 e. The lowest BCUT2D eigenvalue weighted by Gasteiger charge is -2.00. The maximum atomic E-state index is 6.07. The van der Waals surface area contributed by atoms with E-state index in [1.54, 1.807) is 6.20 Å². The van der Waals surface area contributed by atoms with E-state index in [0.29, 0.717) is 0 Å². The van der Waals surface area contributed by atoms with E-state index in [0.717, 1.165) is 21.7 Å². The molecule has 2 aromatic heterocycles. The quantitative estimate of drug-likeness (QED) is 0.645. The van der Waals surface area contributed by atoms with E-state index >= 15 is 0 Å². The highest BCUT2D eigenvalue weighted by atomic mass is 35.5. The van der Waals surface area contributed by atoms with Gasteiger partial charge in [-0.2, -0.15) is 5.10 Å². The number of hydrogen-bond acceptors (Lipinski definition) is 1. The Morgan fingerprint density at radius 2 is 2.00 bits per heavy atom. The molecule has 4 heteroatoms. The average Bonchev–Trinajstić information content (AvgIpc) is 2.83. The van der Waals surface area contributed by atoms with E-state index in [1.165, 1.54) is 5.52 Å². The van der Waals surface area contributed by atoms with Gasteiger partial charge in [0.25, 0.3) is 0 Å². The van der Waals surface area contributed by atoms with Gasteiger partial charge >= 0.3 is 0 Å². The zero-order chi connectivity index (χ0) is 12.0. The Hall–Kier alpha value is -1.74. The van der Waals surface area contributed by atoms with Crippen molar-refractivity contribution in [3.63, 3.8) is 0 Å². The first-order chi connectivity index (χ1) is 8.16. The zero-order valence-corrected chi connectivity index (χ0v) is 10.4. The summed E-state index contributed by atoms with van der Waals surface area (Å²) in [5.41, 5.74) is 3.42. The molecule has 3 nitrogen and oxygen atoms in total. The molecule has 1 aromatic carbocycles. The second kappa shape index (κ2) is 3.64. The first kappa shape index (κ1) is 10.4. The highest BCUT2D eigenvalue weighted by molar-refractivity contribution is 6.31. The van der Waals surface area contributed by atoms with Gasteiger partial charge in [0, 0.05) is 48.0 Å². The topological polar surface area (TPSA) is 22.8 Å². The van der Waals surface area contributed by atoms with Crippen LogP contribution in [0.3, 0.4) is 0 Å². The van der Waals surface area contributed by atoms with Gasteiger partial charge < -0.3 is 4.57 Å². The van der Waals surface area contributed by atoms with Crippen LogP contribution in [-0.4, -0.2) is 14.3 Å². The van der Waals surface area contributed by atoms with Crippen LogP contribution >= 0.6 is 11.6 Å². The first-order valence-corrected chi connectivity index (χ1v) is 5.77. The third kappa shape index (κ3) is 1.54. The third-order valence-corrected chi connectivity index (χ3v) is 3.28. The number of nitrogens with zero attached hydrogens (tertiary/aromatic N) is 3. The summed E-state index contributed by atoms with van der Waals surface area (Å²) in [6.45, 7) is 0. The van der Waals surface area contributed by atoms with Crippen LogP contribution in [0.25, 0.3) is 22.2 Å². The molecule has 2 heterocycles. The van der Waals surface area contributed by atoms with Gasteiger partial charge in [-0.25, -0.2) is 0 Å². The maximum absolute atomic E-state index is 6.07. The second-order valence-electron chi connectivity index (χ2n) is 4.16. The third-order valence-electron chi connectivity index (χ3n) is 3.05. The fourth-order valence-corrected chi connectivity index (χ4v) is 2.38. The van der Waals surface area contributed by atoms with Crippen LogP contribution < -0.4 is 0 Å². The molecule has 0 aliphatic rings. The molecule has 0 atom stereocenters. The van der Waals surface area contributed by atoms with Gasteiger partial charge in [-0.3, -0.25) is 4.68 Å². The monoisotopic (exact) mass is 245 g/mol. The molecular weight excluding hydrogens is 234 g/mol. The van der Waals surface area contributed by atoms with Crippen LogP contribution in [0.5, 0.6) is 0 Å². The highest BCUT2D eigenvalue weighted by Gasteiger charge is 2.11. The maximum Gasteiger partial charge on any atom is 0.0700 e. The summed E-state index contributed by atoms with van der Waals surface area (Å²) in [4.78, 5) is 0. The number of hydrogen-bond donors (Lipinski definition) is 0. The lowest BCUT2D eigenvalue weighted by molar-refractivity contribution is 0.776. The van der Waals surface area contributed by atoms with E-state index in [4.69, 9.17) is 11.6 Å². The Balaban J connectivity index is 2.37. The Morgan fingerprint density at radius 1 is 1.18 bits per heavy atom. The standard InChI is InChI=1S/C13H12ClN3/c1-16-8-11(13-5-6-15-17(13)2)10-7-9(14)3-4-12(10)16/h3-8H,1-2H3. The normalized spacial score (nSPS) is 11.2. The van der Waals surface area contributed by atoms with E-state index in [2.05, 4.69) is 15.9 Å². The lowest BCUT2D eigenvalue weighted by Crippen LogP contribution is -1.92. The number of benzene rings is 1. The molecule has 0 spiro atoms. The molecule has 86 valence electrons. The number of aryl methyl sites for hydroxylation is 2. The van der Waals surface area contributed by atoms with Crippen molar-refractivity contribution in [3.8, 4) is 11.3 Å². The predicted octanol–water partition coefficient (Wildman–Crippen LogP) is 3.23. The number of halogens is 1. The van der Waals surface area contributed by atoms with Gasteiger partial charge in [-0.1, -0.05) is 11.6 Å². The van der Waals surface area contributed by atoms with E-state index < -0.39 is 0 Å². The fraction of sp³-hybridized carbons (Fsp3) is 0.154. The van der Waals surface area contributed by atoms with Gasteiger partial charge in [0.1, 0.15) is 0 Å².